The Morgan fingerprint density at radius 2 is 2.22 bits per heavy atom. The lowest BCUT2D eigenvalue weighted by Crippen LogP contribution is -2.09. The number of hydrogen-bond donors (Lipinski definition) is 2. The van der Waals surface area contributed by atoms with Crippen molar-refractivity contribution in [2.75, 3.05) is 6.54 Å². The van der Waals surface area contributed by atoms with E-state index < -0.39 is 16.0 Å². The van der Waals surface area contributed by atoms with Crippen LogP contribution in [0.2, 0.25) is 0 Å². The van der Waals surface area contributed by atoms with Crippen molar-refractivity contribution in [2.24, 2.45) is 5.73 Å². The van der Waals surface area contributed by atoms with Crippen LogP contribution in [0.1, 0.15) is 5.56 Å². The average Bonchev–Trinajstić information content (AvgIpc) is 2.36. The summed E-state index contributed by atoms with van der Waals surface area (Å²) in [6.07, 6.45) is 1.09. The lowest BCUT2D eigenvalue weighted by atomic mass is 10.1. The van der Waals surface area contributed by atoms with Gasteiger partial charge < -0.3 is 10.7 Å². The fraction of sp³-hybridized carbons (Fsp3) is 0.0833. The second kappa shape index (κ2) is 4.69. The molecule has 2 rings (SSSR count). The van der Waals surface area contributed by atoms with Gasteiger partial charge in [0.05, 0.1) is 23.1 Å². The quantitative estimate of drug-likeness (QED) is 0.438. The van der Waals surface area contributed by atoms with Crippen molar-refractivity contribution in [1.82, 2.24) is 4.98 Å². The SMILES string of the molecule is NCC#Cc1ccc2[nH]cc([N+](=O)[O-])c(=O)c2c1. The number of nitrogens with two attached hydrogens (primary N) is 1. The fourth-order valence-corrected chi connectivity index (χ4v) is 1.57. The summed E-state index contributed by atoms with van der Waals surface area (Å²) < 4.78 is 0. The number of aromatic nitrogens is 1. The molecule has 1 aromatic heterocycles. The number of hydrogen-bond acceptors (Lipinski definition) is 4. The van der Waals surface area contributed by atoms with E-state index in [1.165, 1.54) is 6.07 Å². The average molecular weight is 243 g/mol. The second-order valence-electron chi connectivity index (χ2n) is 3.53. The molecular weight excluding hydrogens is 234 g/mol. The van der Waals surface area contributed by atoms with Gasteiger partial charge >= 0.3 is 5.69 Å². The number of nitro groups is 1. The first-order valence-electron chi connectivity index (χ1n) is 5.12. The van der Waals surface area contributed by atoms with Gasteiger partial charge in [-0.2, -0.15) is 0 Å². The number of pyridine rings is 1. The third-order valence-corrected chi connectivity index (χ3v) is 2.39. The third kappa shape index (κ3) is 2.07. The predicted octanol–water partition coefficient (Wildman–Crippen LogP) is 0.747. The van der Waals surface area contributed by atoms with Crippen LogP contribution >= 0.6 is 0 Å². The van der Waals surface area contributed by atoms with Crippen LogP contribution in [0.3, 0.4) is 0 Å². The molecule has 2 aromatic rings. The maximum Gasteiger partial charge on any atom is 0.332 e. The van der Waals surface area contributed by atoms with E-state index in [9.17, 15) is 14.9 Å². The van der Waals surface area contributed by atoms with Crippen LogP contribution in [0.25, 0.3) is 10.9 Å². The number of fused-ring (bicyclic) bond motifs is 1. The van der Waals surface area contributed by atoms with Gasteiger partial charge in [0.25, 0.3) is 5.43 Å². The highest BCUT2D eigenvalue weighted by Gasteiger charge is 2.14. The molecule has 1 heterocycles. The minimum Gasteiger partial charge on any atom is -0.355 e. The molecule has 0 saturated heterocycles. The molecule has 90 valence electrons. The largest absolute Gasteiger partial charge is 0.355 e. The van der Waals surface area contributed by atoms with Crippen LogP contribution < -0.4 is 11.2 Å². The molecule has 0 radical (unpaired) electrons. The molecule has 1 aromatic carbocycles. The smallest absolute Gasteiger partial charge is 0.332 e. The summed E-state index contributed by atoms with van der Waals surface area (Å²) >= 11 is 0. The van der Waals surface area contributed by atoms with E-state index in [4.69, 9.17) is 5.73 Å². The summed E-state index contributed by atoms with van der Waals surface area (Å²) in [6.45, 7) is 0.212. The zero-order valence-corrected chi connectivity index (χ0v) is 9.27. The minimum absolute atomic E-state index is 0.212. The monoisotopic (exact) mass is 243 g/mol. The van der Waals surface area contributed by atoms with Crippen LogP contribution in [0.4, 0.5) is 5.69 Å². The van der Waals surface area contributed by atoms with Crippen LogP contribution in [-0.4, -0.2) is 16.5 Å². The zero-order valence-electron chi connectivity index (χ0n) is 9.27. The van der Waals surface area contributed by atoms with E-state index in [0.717, 1.165) is 6.20 Å². The Balaban J connectivity index is 2.70. The van der Waals surface area contributed by atoms with Crippen molar-refractivity contribution in [1.29, 1.82) is 0 Å². The summed E-state index contributed by atoms with van der Waals surface area (Å²) in [6, 6.07) is 4.89. The number of nitrogens with zero attached hydrogens (tertiary/aromatic N) is 1. The molecule has 3 N–H and O–H groups in total. The van der Waals surface area contributed by atoms with Gasteiger partial charge in [0, 0.05) is 11.1 Å². The summed E-state index contributed by atoms with van der Waals surface area (Å²) in [5, 5.41) is 10.9. The molecule has 0 bridgehead atoms. The lowest BCUT2D eigenvalue weighted by Gasteiger charge is -1.98. The Labute approximate surface area is 102 Å². The van der Waals surface area contributed by atoms with Crippen molar-refractivity contribution >= 4 is 16.6 Å². The van der Waals surface area contributed by atoms with Gasteiger partial charge in [-0.3, -0.25) is 14.9 Å². The lowest BCUT2D eigenvalue weighted by molar-refractivity contribution is -0.386. The molecule has 0 amide bonds. The van der Waals surface area contributed by atoms with E-state index in [2.05, 4.69) is 16.8 Å². The highest BCUT2D eigenvalue weighted by atomic mass is 16.6. The molecule has 0 aliphatic heterocycles. The molecule has 0 saturated carbocycles. The normalized spacial score (nSPS) is 9.83. The Bertz CT molecular complexity index is 738. The van der Waals surface area contributed by atoms with Gasteiger partial charge in [0.15, 0.2) is 0 Å². The van der Waals surface area contributed by atoms with E-state index >= 15 is 0 Å². The summed E-state index contributed by atoms with van der Waals surface area (Å²) in [5.41, 5.74) is 5.28. The van der Waals surface area contributed by atoms with Crippen molar-refractivity contribution in [3.63, 3.8) is 0 Å². The first-order chi connectivity index (χ1) is 8.63. The Morgan fingerprint density at radius 3 is 2.89 bits per heavy atom. The van der Waals surface area contributed by atoms with E-state index in [1.807, 2.05) is 0 Å². The molecule has 0 spiro atoms. The minimum atomic E-state index is -0.712. The number of aromatic amines is 1. The molecule has 6 nitrogen and oxygen atoms in total. The molecule has 18 heavy (non-hydrogen) atoms. The van der Waals surface area contributed by atoms with Crippen molar-refractivity contribution < 1.29 is 4.92 Å². The van der Waals surface area contributed by atoms with Gasteiger partial charge in [-0.05, 0) is 18.2 Å². The molecule has 0 unspecified atom stereocenters. The van der Waals surface area contributed by atoms with Gasteiger partial charge in [-0.15, -0.1) is 0 Å². The molecular formula is C12H9N3O3. The fourth-order valence-electron chi connectivity index (χ4n) is 1.57. The standard InChI is InChI=1S/C12H9N3O3/c13-5-1-2-8-3-4-10-9(6-8)12(16)11(7-14-10)15(17)18/h3-4,6-7H,5,13H2,(H,14,16). The predicted molar refractivity (Wildman–Crippen MR) is 67.2 cm³/mol. The van der Waals surface area contributed by atoms with Crippen LogP contribution in [0.5, 0.6) is 0 Å². The zero-order chi connectivity index (χ0) is 13.1. The number of H-pyrrole nitrogens is 1. The van der Waals surface area contributed by atoms with Crippen LogP contribution in [0.15, 0.2) is 29.2 Å². The molecule has 0 aliphatic carbocycles. The van der Waals surface area contributed by atoms with E-state index in [-0.39, 0.29) is 11.9 Å². The molecule has 0 fully saturated rings. The summed E-state index contributed by atoms with van der Waals surface area (Å²) in [4.78, 5) is 24.5. The summed E-state index contributed by atoms with van der Waals surface area (Å²) in [7, 11) is 0. The Hall–Kier alpha value is -2.65. The van der Waals surface area contributed by atoms with Gasteiger partial charge in [0.2, 0.25) is 0 Å². The number of benzene rings is 1. The maximum atomic E-state index is 11.9. The van der Waals surface area contributed by atoms with E-state index in [0.29, 0.717) is 11.1 Å². The Morgan fingerprint density at radius 1 is 1.44 bits per heavy atom. The first-order valence-corrected chi connectivity index (χ1v) is 5.12. The highest BCUT2D eigenvalue weighted by Crippen LogP contribution is 2.13. The molecule has 0 atom stereocenters. The van der Waals surface area contributed by atoms with Gasteiger partial charge in [0.1, 0.15) is 0 Å². The highest BCUT2D eigenvalue weighted by molar-refractivity contribution is 5.81. The Kier molecular flexibility index (Phi) is 3.08. The maximum absolute atomic E-state index is 11.9. The van der Waals surface area contributed by atoms with Crippen molar-refractivity contribution in [3.05, 3.63) is 50.3 Å². The van der Waals surface area contributed by atoms with E-state index in [1.54, 1.807) is 12.1 Å². The van der Waals surface area contributed by atoms with Crippen LogP contribution in [0, 0.1) is 22.0 Å². The van der Waals surface area contributed by atoms with Crippen molar-refractivity contribution in [3.8, 4) is 11.8 Å². The molecule has 0 aliphatic rings. The number of nitrogens with one attached hydrogen (secondary N) is 1. The summed E-state index contributed by atoms with van der Waals surface area (Å²) in [5.74, 6) is 5.43. The topological polar surface area (TPSA) is 102 Å². The van der Waals surface area contributed by atoms with Gasteiger partial charge in [-0.25, -0.2) is 0 Å². The third-order valence-electron chi connectivity index (χ3n) is 2.39. The van der Waals surface area contributed by atoms with Crippen molar-refractivity contribution in [2.45, 2.75) is 0 Å². The van der Waals surface area contributed by atoms with Crippen LogP contribution in [-0.2, 0) is 0 Å². The van der Waals surface area contributed by atoms with Gasteiger partial charge in [-0.1, -0.05) is 11.8 Å². The first kappa shape index (κ1) is 11.8. The second-order valence-corrected chi connectivity index (χ2v) is 3.53. The molecule has 6 heteroatoms. The number of rotatable bonds is 1.